The Kier molecular flexibility index (Phi) is 3.87. The fourth-order valence-corrected chi connectivity index (χ4v) is 3.34. The summed E-state index contributed by atoms with van der Waals surface area (Å²) < 4.78 is 0. The molecule has 2 rings (SSSR count). The first-order valence-electron chi connectivity index (χ1n) is 7.22. The van der Waals surface area contributed by atoms with E-state index in [1.807, 2.05) is 31.3 Å². The van der Waals surface area contributed by atoms with Crippen molar-refractivity contribution < 1.29 is 4.79 Å². The van der Waals surface area contributed by atoms with Gasteiger partial charge in [-0.2, -0.15) is 0 Å². The zero-order chi connectivity index (χ0) is 16.0. The maximum atomic E-state index is 12.6. The minimum Gasteiger partial charge on any atom is -0.389 e. The number of rotatable bonds is 4. The molecule has 0 atom stereocenters. The maximum absolute atomic E-state index is 12.6. The van der Waals surface area contributed by atoms with Gasteiger partial charge in [-0.15, -0.1) is 0 Å². The molecule has 21 heavy (non-hydrogen) atoms. The van der Waals surface area contributed by atoms with E-state index in [1.165, 1.54) is 0 Å². The number of carbonyl (C=O) groups is 1. The third-order valence-electron chi connectivity index (χ3n) is 5.28. The molecule has 1 fully saturated rings. The van der Waals surface area contributed by atoms with Crippen LogP contribution in [0.3, 0.4) is 0 Å². The van der Waals surface area contributed by atoms with E-state index < -0.39 is 0 Å². The number of thiocarbonyl (C=S) groups is 1. The molecule has 0 saturated heterocycles. The van der Waals surface area contributed by atoms with E-state index >= 15 is 0 Å². The molecule has 114 valence electrons. The van der Waals surface area contributed by atoms with Gasteiger partial charge in [-0.3, -0.25) is 4.79 Å². The monoisotopic (exact) mass is 304 g/mol. The van der Waals surface area contributed by atoms with E-state index in [-0.39, 0.29) is 22.7 Å². The van der Waals surface area contributed by atoms with Gasteiger partial charge in [0.25, 0.3) is 0 Å². The zero-order valence-corrected chi connectivity index (χ0v) is 14.3. The van der Waals surface area contributed by atoms with Gasteiger partial charge >= 0.3 is 0 Å². The molecule has 1 aliphatic rings. The van der Waals surface area contributed by atoms with Crippen LogP contribution in [0.5, 0.6) is 0 Å². The molecule has 0 radical (unpaired) electrons. The van der Waals surface area contributed by atoms with Gasteiger partial charge in [-0.1, -0.05) is 58.1 Å². The molecular formula is C17H24N2OS. The summed E-state index contributed by atoms with van der Waals surface area (Å²) in [5.74, 6) is 0.305. The van der Waals surface area contributed by atoms with Gasteiger partial charge in [0.1, 0.15) is 4.99 Å². The second-order valence-corrected chi connectivity index (χ2v) is 7.58. The third-order valence-corrected chi connectivity index (χ3v) is 5.51. The van der Waals surface area contributed by atoms with Crippen LogP contribution in [0.1, 0.15) is 38.8 Å². The predicted molar refractivity (Wildman–Crippen MR) is 89.9 cm³/mol. The van der Waals surface area contributed by atoms with Crippen molar-refractivity contribution in [3.63, 3.8) is 0 Å². The molecular weight excluding hydrogens is 280 g/mol. The van der Waals surface area contributed by atoms with Gasteiger partial charge in [0.05, 0.1) is 0 Å². The van der Waals surface area contributed by atoms with Gasteiger partial charge in [-0.05, 0) is 22.5 Å². The van der Waals surface area contributed by atoms with E-state index in [0.717, 1.165) is 11.1 Å². The minimum absolute atomic E-state index is 0.0685. The van der Waals surface area contributed by atoms with E-state index in [2.05, 4.69) is 27.7 Å². The summed E-state index contributed by atoms with van der Waals surface area (Å²) in [6.07, 6.45) is 0. The number of nitrogens with zero attached hydrogens (tertiary/aromatic N) is 1. The summed E-state index contributed by atoms with van der Waals surface area (Å²) in [5, 5.41) is 0. The van der Waals surface area contributed by atoms with Crippen molar-refractivity contribution >= 4 is 23.1 Å². The molecule has 1 aromatic carbocycles. The molecule has 3 nitrogen and oxygen atoms in total. The average molecular weight is 304 g/mol. The van der Waals surface area contributed by atoms with E-state index in [4.69, 9.17) is 18.0 Å². The summed E-state index contributed by atoms with van der Waals surface area (Å²) in [5.41, 5.74) is 7.68. The first-order chi connectivity index (χ1) is 9.59. The lowest BCUT2D eigenvalue weighted by Gasteiger charge is -2.19. The lowest BCUT2D eigenvalue weighted by molar-refractivity contribution is -0.133. The molecule has 0 aromatic heterocycles. The Bertz CT molecular complexity index is 578. The van der Waals surface area contributed by atoms with Gasteiger partial charge < -0.3 is 10.6 Å². The highest BCUT2D eigenvalue weighted by Crippen LogP contribution is 2.68. The maximum Gasteiger partial charge on any atom is 0.226 e. The number of benzene rings is 1. The van der Waals surface area contributed by atoms with Gasteiger partial charge in [0.2, 0.25) is 5.91 Å². The summed E-state index contributed by atoms with van der Waals surface area (Å²) in [7, 11) is 1.86. The fourth-order valence-electron chi connectivity index (χ4n) is 3.21. The Morgan fingerprint density at radius 1 is 1.29 bits per heavy atom. The summed E-state index contributed by atoms with van der Waals surface area (Å²) in [6, 6.07) is 7.76. The Morgan fingerprint density at radius 3 is 2.33 bits per heavy atom. The average Bonchev–Trinajstić information content (AvgIpc) is 2.79. The van der Waals surface area contributed by atoms with Crippen molar-refractivity contribution in [2.24, 2.45) is 22.5 Å². The number of hydrogen-bond donors (Lipinski definition) is 1. The van der Waals surface area contributed by atoms with Crippen molar-refractivity contribution in [1.29, 1.82) is 0 Å². The highest BCUT2D eigenvalue weighted by Gasteiger charge is 2.68. The van der Waals surface area contributed by atoms with Crippen molar-refractivity contribution in [1.82, 2.24) is 4.90 Å². The van der Waals surface area contributed by atoms with Crippen LogP contribution < -0.4 is 5.73 Å². The number of nitrogens with two attached hydrogens (primary N) is 1. The molecule has 0 bridgehead atoms. The smallest absolute Gasteiger partial charge is 0.226 e. The summed E-state index contributed by atoms with van der Waals surface area (Å²) in [4.78, 5) is 14.8. The molecule has 0 heterocycles. The van der Waals surface area contributed by atoms with Gasteiger partial charge in [0.15, 0.2) is 0 Å². The van der Waals surface area contributed by atoms with Crippen LogP contribution in [0.4, 0.5) is 0 Å². The lowest BCUT2D eigenvalue weighted by Crippen LogP contribution is -2.29. The van der Waals surface area contributed by atoms with E-state index in [1.54, 1.807) is 4.90 Å². The second kappa shape index (κ2) is 5.09. The predicted octanol–water partition coefficient (Wildman–Crippen LogP) is 2.96. The SMILES string of the molecule is CN(Cc1cccc(C(N)=S)c1)C(=O)C1C(C)(C)C1(C)C. The summed E-state index contributed by atoms with van der Waals surface area (Å²) >= 11 is 5.00. The molecule has 2 N–H and O–H groups in total. The first kappa shape index (κ1) is 16.0. The molecule has 4 heteroatoms. The first-order valence-corrected chi connectivity index (χ1v) is 7.63. The Hall–Kier alpha value is -1.42. The second-order valence-electron chi connectivity index (χ2n) is 7.14. The number of carbonyl (C=O) groups excluding carboxylic acids is 1. The van der Waals surface area contributed by atoms with E-state index in [0.29, 0.717) is 11.5 Å². The topological polar surface area (TPSA) is 46.3 Å². The lowest BCUT2D eigenvalue weighted by atomic mass is 10.0. The normalized spacial score (nSPS) is 19.1. The van der Waals surface area contributed by atoms with Crippen molar-refractivity contribution in [3.05, 3.63) is 35.4 Å². The Morgan fingerprint density at radius 2 is 1.86 bits per heavy atom. The molecule has 1 aromatic rings. The minimum atomic E-state index is 0.0685. The van der Waals surface area contributed by atoms with Crippen LogP contribution in [0, 0.1) is 16.7 Å². The fraction of sp³-hybridized carbons (Fsp3) is 0.529. The largest absolute Gasteiger partial charge is 0.389 e. The molecule has 0 spiro atoms. The van der Waals surface area contributed by atoms with Gasteiger partial charge in [0, 0.05) is 25.1 Å². The van der Waals surface area contributed by atoms with Gasteiger partial charge in [-0.25, -0.2) is 0 Å². The van der Waals surface area contributed by atoms with Crippen LogP contribution in [0.2, 0.25) is 0 Å². The Labute approximate surface area is 132 Å². The van der Waals surface area contributed by atoms with Crippen molar-refractivity contribution in [3.8, 4) is 0 Å². The zero-order valence-electron chi connectivity index (χ0n) is 13.4. The number of amides is 1. The Balaban J connectivity index is 2.09. The quantitative estimate of drug-likeness (QED) is 0.870. The van der Waals surface area contributed by atoms with Crippen LogP contribution >= 0.6 is 12.2 Å². The van der Waals surface area contributed by atoms with Crippen molar-refractivity contribution in [2.75, 3.05) is 7.05 Å². The van der Waals surface area contributed by atoms with Crippen LogP contribution in [0.15, 0.2) is 24.3 Å². The number of hydrogen-bond acceptors (Lipinski definition) is 2. The van der Waals surface area contributed by atoms with Crippen LogP contribution in [0.25, 0.3) is 0 Å². The third kappa shape index (κ3) is 2.69. The highest BCUT2D eigenvalue weighted by atomic mass is 32.1. The molecule has 1 aliphatic carbocycles. The van der Waals surface area contributed by atoms with E-state index in [9.17, 15) is 4.79 Å². The standard InChI is InChI=1S/C17H24N2OS/c1-16(2)13(17(16,3)4)15(20)19(5)10-11-7-6-8-12(9-11)14(18)21/h6-9,13H,10H2,1-5H3,(H2,18,21). The van der Waals surface area contributed by atoms with Crippen LogP contribution in [-0.4, -0.2) is 22.8 Å². The van der Waals surface area contributed by atoms with Crippen molar-refractivity contribution in [2.45, 2.75) is 34.2 Å². The highest BCUT2D eigenvalue weighted by molar-refractivity contribution is 7.80. The molecule has 1 saturated carbocycles. The van der Waals surface area contributed by atoms with Crippen LogP contribution in [-0.2, 0) is 11.3 Å². The molecule has 1 amide bonds. The molecule has 0 aliphatic heterocycles. The molecule has 0 unspecified atom stereocenters. The summed E-state index contributed by atoms with van der Waals surface area (Å²) in [6.45, 7) is 9.24.